The van der Waals surface area contributed by atoms with Gasteiger partial charge in [0.25, 0.3) is 0 Å². The Hall–Kier alpha value is 1.42. The maximum atomic E-state index is 3.60. The first-order valence-electron chi connectivity index (χ1n) is 2.97. The standard InChI is InChI=1S/C5H12I2N/c1-3-5(4-2)7-6-8-7/h5,8H,3-4H2,1-2H3/q-1. The van der Waals surface area contributed by atoms with Crippen LogP contribution in [0.4, 0.5) is 0 Å². The summed E-state index contributed by atoms with van der Waals surface area (Å²) in [6, 6.07) is 0. The molecule has 0 aromatic rings. The van der Waals surface area contributed by atoms with Crippen molar-refractivity contribution in [3.63, 3.8) is 0 Å². The van der Waals surface area contributed by atoms with Crippen molar-refractivity contribution < 1.29 is 17.5 Å². The van der Waals surface area contributed by atoms with Crippen LogP contribution in [0.5, 0.6) is 0 Å². The molecule has 1 N–H and O–H groups in total. The van der Waals surface area contributed by atoms with Crippen molar-refractivity contribution in [2.24, 2.45) is 0 Å². The molecule has 1 fully saturated rings. The molecule has 0 unspecified atom stereocenters. The summed E-state index contributed by atoms with van der Waals surface area (Å²) >= 11 is 0.303. The van der Waals surface area contributed by atoms with Gasteiger partial charge in [-0.05, 0) is 0 Å². The number of nitrogens with one attached hydrogen (secondary N) is 1. The zero-order valence-corrected chi connectivity index (χ0v) is 9.56. The second-order valence-electron chi connectivity index (χ2n) is 1.82. The van der Waals surface area contributed by atoms with E-state index in [1.807, 2.05) is 0 Å². The average molecular weight is 340 g/mol. The molecule has 0 spiro atoms. The van der Waals surface area contributed by atoms with E-state index in [2.05, 4.69) is 15.6 Å². The number of alkyl halides is 1. The molecule has 52 valence electrons. The molecular formula is C5H12I2N-. The zero-order chi connectivity index (χ0) is 5.98. The molecule has 0 amide bonds. The van der Waals surface area contributed by atoms with Crippen LogP contribution in [-0.2, 0) is 0 Å². The van der Waals surface area contributed by atoms with Crippen LogP contribution >= 0.6 is 16.1 Å². The maximum absolute atomic E-state index is 3.60. The first kappa shape index (κ1) is 7.53. The van der Waals surface area contributed by atoms with Gasteiger partial charge in [-0.2, -0.15) is 0 Å². The molecule has 0 aromatic heterocycles. The molecule has 1 aliphatic rings. The Bertz CT molecular complexity index is 68.8. The van der Waals surface area contributed by atoms with E-state index in [4.69, 9.17) is 0 Å². The predicted octanol–water partition coefficient (Wildman–Crippen LogP) is -0.881. The zero-order valence-electron chi connectivity index (χ0n) is 5.25. The van der Waals surface area contributed by atoms with Gasteiger partial charge in [-0.15, -0.1) is 0 Å². The van der Waals surface area contributed by atoms with E-state index in [0.717, 1.165) is 3.92 Å². The van der Waals surface area contributed by atoms with Crippen LogP contribution in [0.2, 0.25) is 0 Å². The first-order chi connectivity index (χ1) is 3.88. The molecule has 0 bridgehead atoms. The van der Waals surface area contributed by atoms with Crippen LogP contribution in [0.1, 0.15) is 26.7 Å². The van der Waals surface area contributed by atoms with Gasteiger partial charge in [-0.1, -0.05) is 0 Å². The Kier molecular flexibility index (Phi) is 3.34. The Balaban J connectivity index is 2.15. The van der Waals surface area contributed by atoms with Crippen molar-refractivity contribution >= 4 is 16.1 Å². The van der Waals surface area contributed by atoms with E-state index in [0.29, 0.717) is 17.5 Å². The van der Waals surface area contributed by atoms with Gasteiger partial charge in [0.05, 0.1) is 0 Å². The number of rotatable bonds is 3. The molecule has 0 saturated carbocycles. The molecule has 1 nitrogen and oxygen atoms in total. The van der Waals surface area contributed by atoms with Gasteiger partial charge in [-0.3, -0.25) is 0 Å². The summed E-state index contributed by atoms with van der Waals surface area (Å²) < 4.78 is 4.76. The van der Waals surface area contributed by atoms with Crippen LogP contribution in [0.15, 0.2) is 0 Å². The predicted molar refractivity (Wildman–Crippen MR) is 41.5 cm³/mol. The van der Waals surface area contributed by atoms with Crippen molar-refractivity contribution in [3.05, 3.63) is 0 Å². The fraction of sp³-hybridized carbons (Fsp3) is 1.00. The molecule has 1 rings (SSSR count). The van der Waals surface area contributed by atoms with E-state index in [1.165, 1.54) is 12.8 Å². The molecule has 1 aliphatic heterocycles. The molecule has 0 aromatic carbocycles. The van der Waals surface area contributed by atoms with Gasteiger partial charge in [0, 0.05) is 0 Å². The third kappa shape index (κ3) is 1.98. The number of hydrogen-bond acceptors (Lipinski definition) is 1. The summed E-state index contributed by atoms with van der Waals surface area (Å²) in [5, 5.41) is 0. The quantitative estimate of drug-likeness (QED) is 0.307. The van der Waals surface area contributed by atoms with Crippen LogP contribution in [0, 0.1) is 0 Å². The summed E-state index contributed by atoms with van der Waals surface area (Å²) in [7, 11) is 0. The summed E-state index contributed by atoms with van der Waals surface area (Å²) in [6.07, 6.45) is 2.88. The van der Waals surface area contributed by atoms with E-state index in [1.54, 1.807) is 0 Å². The van der Waals surface area contributed by atoms with Crippen molar-refractivity contribution in [1.29, 1.82) is 0 Å². The van der Waals surface area contributed by atoms with E-state index < -0.39 is 0 Å². The van der Waals surface area contributed by atoms with Crippen molar-refractivity contribution in [2.75, 3.05) is 0 Å². The summed E-state index contributed by atoms with van der Waals surface area (Å²) in [4.78, 5) is 0. The first-order valence-corrected chi connectivity index (χ1v) is 12.7. The normalized spacial score (nSPS) is 23.1. The molecule has 0 radical (unpaired) electrons. The van der Waals surface area contributed by atoms with Crippen molar-refractivity contribution in [2.45, 2.75) is 30.6 Å². The topological polar surface area (TPSA) is 21.9 Å². The second kappa shape index (κ2) is 3.55. The second-order valence-corrected chi connectivity index (χ2v) is 17.3. The van der Waals surface area contributed by atoms with Gasteiger partial charge in [-0.25, -0.2) is 0 Å². The van der Waals surface area contributed by atoms with Gasteiger partial charge in [0.2, 0.25) is 0 Å². The van der Waals surface area contributed by atoms with Crippen LogP contribution in [0.25, 0.3) is 0 Å². The molecule has 8 heavy (non-hydrogen) atoms. The molecule has 1 heterocycles. The summed E-state index contributed by atoms with van der Waals surface area (Å²) in [5.41, 5.74) is 0. The van der Waals surface area contributed by atoms with E-state index in [-0.39, 0.29) is 16.1 Å². The van der Waals surface area contributed by atoms with Crippen molar-refractivity contribution in [1.82, 2.24) is 1.74 Å². The Labute approximate surface area is 65.4 Å². The molecular weight excluding hydrogens is 328 g/mol. The van der Waals surface area contributed by atoms with E-state index >= 15 is 0 Å². The Morgan fingerprint density at radius 2 is 2.00 bits per heavy atom. The molecule has 0 aliphatic carbocycles. The van der Waals surface area contributed by atoms with E-state index in [9.17, 15) is 0 Å². The van der Waals surface area contributed by atoms with Gasteiger partial charge < -0.3 is 0 Å². The third-order valence-corrected chi connectivity index (χ3v) is 15.9. The third-order valence-electron chi connectivity index (χ3n) is 1.31. The summed E-state index contributed by atoms with van der Waals surface area (Å²) in [6.45, 7) is 4.66. The number of halogens is 2. The minimum absolute atomic E-state index is 0.325. The minimum atomic E-state index is -0.325. The fourth-order valence-electron chi connectivity index (χ4n) is 0.692. The Morgan fingerprint density at radius 1 is 1.50 bits per heavy atom. The molecule has 0 atom stereocenters. The average Bonchev–Trinajstić information content (AvgIpc) is 2.53. The van der Waals surface area contributed by atoms with Gasteiger partial charge in [0.15, 0.2) is 0 Å². The van der Waals surface area contributed by atoms with Gasteiger partial charge in [0.1, 0.15) is 0 Å². The fourth-order valence-corrected chi connectivity index (χ4v) is 16.5. The summed E-state index contributed by atoms with van der Waals surface area (Å²) in [5.74, 6) is 0. The SMILES string of the molecule is CCC(CC)I1N[I-]1. The molecule has 1 saturated heterocycles. The van der Waals surface area contributed by atoms with Crippen LogP contribution in [0.3, 0.4) is 0 Å². The Morgan fingerprint density at radius 3 is 2.12 bits per heavy atom. The monoisotopic (exact) mass is 340 g/mol. The van der Waals surface area contributed by atoms with Crippen molar-refractivity contribution in [3.8, 4) is 0 Å². The molecule has 3 heteroatoms. The number of hydrogen-bond donors (Lipinski definition) is 1. The van der Waals surface area contributed by atoms with Gasteiger partial charge >= 0.3 is 66.0 Å². The van der Waals surface area contributed by atoms with Crippen LogP contribution in [-0.4, -0.2) is 3.92 Å². The van der Waals surface area contributed by atoms with Crippen LogP contribution < -0.4 is 19.2 Å².